The molecule has 2 heterocycles. The van der Waals surface area contributed by atoms with Crippen molar-refractivity contribution in [3.8, 4) is 10.4 Å². The van der Waals surface area contributed by atoms with E-state index < -0.39 is 0 Å². The molecule has 118 valence electrons. The lowest BCUT2D eigenvalue weighted by molar-refractivity contribution is -0.115. The molecule has 0 radical (unpaired) electrons. The van der Waals surface area contributed by atoms with Crippen molar-refractivity contribution >= 4 is 34.7 Å². The average molecular weight is 345 g/mol. The van der Waals surface area contributed by atoms with Crippen molar-refractivity contribution in [1.29, 1.82) is 0 Å². The van der Waals surface area contributed by atoms with Crippen LogP contribution in [0.4, 0.5) is 5.69 Å². The first-order valence-electron chi connectivity index (χ1n) is 7.02. The molecule has 0 atom stereocenters. The summed E-state index contributed by atoms with van der Waals surface area (Å²) in [5.41, 5.74) is 1.88. The average Bonchev–Trinajstić information content (AvgIpc) is 3.20. The Kier molecular flexibility index (Phi) is 5.04. The highest BCUT2D eigenvalue weighted by atomic mass is 32.2. The van der Waals surface area contributed by atoms with Crippen LogP contribution in [0, 0.1) is 0 Å². The van der Waals surface area contributed by atoms with Crippen molar-refractivity contribution in [2.45, 2.75) is 11.6 Å². The minimum absolute atomic E-state index is 0.0170. The minimum atomic E-state index is -0.0170. The molecule has 0 spiro atoms. The molecule has 1 amide bonds. The lowest BCUT2D eigenvalue weighted by Crippen LogP contribution is -2.13. The zero-order valence-corrected chi connectivity index (χ0v) is 14.1. The highest BCUT2D eigenvalue weighted by Crippen LogP contribution is 2.31. The van der Waals surface area contributed by atoms with E-state index in [1.165, 1.54) is 11.8 Å². The molecule has 3 rings (SSSR count). The van der Waals surface area contributed by atoms with Gasteiger partial charge >= 0.3 is 0 Å². The monoisotopic (exact) mass is 345 g/mol. The summed E-state index contributed by atoms with van der Waals surface area (Å²) in [5.74, 6) is 0.609. The molecule has 8 heteroatoms. The molecule has 0 bridgehead atoms. The minimum Gasteiger partial charge on any atom is -0.325 e. The predicted octanol–water partition coefficient (Wildman–Crippen LogP) is 3.06. The summed E-state index contributed by atoms with van der Waals surface area (Å²) in [6.07, 6.45) is 0.399. The normalized spacial score (nSPS) is 10.7. The van der Waals surface area contributed by atoms with E-state index in [2.05, 4.69) is 20.8 Å². The molecule has 0 aliphatic heterocycles. The van der Waals surface area contributed by atoms with E-state index in [9.17, 15) is 4.79 Å². The van der Waals surface area contributed by atoms with Crippen molar-refractivity contribution in [3.05, 3.63) is 41.8 Å². The summed E-state index contributed by atoms with van der Waals surface area (Å²) in [6.45, 7) is 0. The van der Waals surface area contributed by atoms with Crippen LogP contribution in [-0.4, -0.2) is 31.9 Å². The number of thiophene rings is 1. The Hall–Kier alpha value is -2.19. The second-order valence-electron chi connectivity index (χ2n) is 4.75. The number of carbonyl (C=O) groups excluding carboxylic acids is 1. The van der Waals surface area contributed by atoms with Gasteiger partial charge in [-0.3, -0.25) is 4.79 Å². The molecule has 0 saturated carbocycles. The standard InChI is InChI=1S/C15H15N5OS2/c1-20-15(17-18-19-20)23-10-8-14(21)16-12-6-3-2-5-11(12)13-7-4-9-22-13/h2-7,9H,8,10H2,1H3,(H,16,21). The number of benzene rings is 1. The summed E-state index contributed by atoms with van der Waals surface area (Å²) >= 11 is 3.12. The summed E-state index contributed by atoms with van der Waals surface area (Å²) < 4.78 is 1.59. The van der Waals surface area contributed by atoms with E-state index in [1.54, 1.807) is 23.1 Å². The molecule has 6 nitrogen and oxygen atoms in total. The van der Waals surface area contributed by atoms with Crippen molar-refractivity contribution in [3.63, 3.8) is 0 Å². The number of aryl methyl sites for hydroxylation is 1. The Morgan fingerprint density at radius 1 is 1.30 bits per heavy atom. The first kappa shape index (κ1) is 15.7. The van der Waals surface area contributed by atoms with Gasteiger partial charge in [0.25, 0.3) is 0 Å². The number of anilines is 1. The van der Waals surface area contributed by atoms with Crippen molar-refractivity contribution in [2.24, 2.45) is 7.05 Å². The molecule has 23 heavy (non-hydrogen) atoms. The number of para-hydroxylation sites is 1. The third-order valence-electron chi connectivity index (χ3n) is 3.13. The van der Waals surface area contributed by atoms with Gasteiger partial charge in [-0.1, -0.05) is 36.0 Å². The molecule has 0 fully saturated rings. The topological polar surface area (TPSA) is 72.7 Å². The van der Waals surface area contributed by atoms with E-state index in [-0.39, 0.29) is 5.91 Å². The van der Waals surface area contributed by atoms with Crippen LogP contribution in [0.15, 0.2) is 46.9 Å². The Balaban J connectivity index is 1.59. The van der Waals surface area contributed by atoms with Crippen LogP contribution in [0.25, 0.3) is 10.4 Å². The van der Waals surface area contributed by atoms with Gasteiger partial charge in [0.05, 0.1) is 0 Å². The molecular formula is C15H15N5OS2. The zero-order valence-electron chi connectivity index (χ0n) is 12.5. The predicted molar refractivity (Wildman–Crippen MR) is 92.5 cm³/mol. The van der Waals surface area contributed by atoms with E-state index in [0.29, 0.717) is 17.3 Å². The van der Waals surface area contributed by atoms with Gasteiger partial charge in [-0.05, 0) is 27.9 Å². The molecule has 1 aromatic carbocycles. The van der Waals surface area contributed by atoms with Crippen LogP contribution in [0.2, 0.25) is 0 Å². The molecule has 0 unspecified atom stereocenters. The smallest absolute Gasteiger partial charge is 0.225 e. The number of nitrogens with zero attached hydrogens (tertiary/aromatic N) is 4. The molecule has 3 aromatic rings. The molecule has 1 N–H and O–H groups in total. The first-order chi connectivity index (χ1) is 11.2. The van der Waals surface area contributed by atoms with Gasteiger partial charge in [-0.25, -0.2) is 4.68 Å². The summed E-state index contributed by atoms with van der Waals surface area (Å²) in [5, 5.41) is 16.9. The van der Waals surface area contributed by atoms with Crippen LogP contribution in [-0.2, 0) is 11.8 Å². The third kappa shape index (κ3) is 3.96. The first-order valence-corrected chi connectivity index (χ1v) is 8.88. The van der Waals surface area contributed by atoms with Crippen molar-refractivity contribution in [2.75, 3.05) is 11.1 Å². The highest BCUT2D eigenvalue weighted by molar-refractivity contribution is 7.99. The van der Waals surface area contributed by atoms with Crippen LogP contribution in [0.1, 0.15) is 6.42 Å². The number of carbonyl (C=O) groups is 1. The number of tetrazole rings is 1. The maximum absolute atomic E-state index is 12.2. The summed E-state index contributed by atoms with van der Waals surface area (Å²) in [4.78, 5) is 13.3. The molecular weight excluding hydrogens is 330 g/mol. The van der Waals surface area contributed by atoms with Gasteiger partial charge in [0, 0.05) is 35.3 Å². The largest absolute Gasteiger partial charge is 0.325 e. The summed E-state index contributed by atoms with van der Waals surface area (Å²) in [7, 11) is 1.78. The van der Waals surface area contributed by atoms with Gasteiger partial charge in [0.15, 0.2) is 0 Å². The van der Waals surface area contributed by atoms with Crippen LogP contribution in [0.3, 0.4) is 0 Å². The molecule has 0 aliphatic rings. The molecule has 2 aromatic heterocycles. The fourth-order valence-electron chi connectivity index (χ4n) is 2.03. The Morgan fingerprint density at radius 2 is 2.17 bits per heavy atom. The van der Waals surface area contributed by atoms with Gasteiger partial charge in [0.2, 0.25) is 11.1 Å². The Morgan fingerprint density at radius 3 is 2.91 bits per heavy atom. The second-order valence-corrected chi connectivity index (χ2v) is 6.76. The lowest BCUT2D eigenvalue weighted by Gasteiger charge is -2.09. The van der Waals surface area contributed by atoms with Gasteiger partial charge in [0.1, 0.15) is 0 Å². The number of amides is 1. The van der Waals surface area contributed by atoms with Crippen LogP contribution in [0.5, 0.6) is 0 Å². The molecule has 0 aliphatic carbocycles. The summed E-state index contributed by atoms with van der Waals surface area (Å²) in [6, 6.07) is 11.9. The SMILES string of the molecule is Cn1nnnc1SCCC(=O)Nc1ccccc1-c1cccs1. The zero-order chi connectivity index (χ0) is 16.1. The number of hydrogen-bond donors (Lipinski definition) is 1. The molecule has 0 saturated heterocycles. The maximum atomic E-state index is 12.2. The van der Waals surface area contributed by atoms with E-state index in [4.69, 9.17) is 0 Å². The van der Waals surface area contributed by atoms with E-state index >= 15 is 0 Å². The Bertz CT molecular complexity index is 785. The fourth-order valence-corrected chi connectivity index (χ4v) is 3.58. The number of hydrogen-bond acceptors (Lipinski definition) is 6. The van der Waals surface area contributed by atoms with Gasteiger partial charge < -0.3 is 5.32 Å². The second kappa shape index (κ2) is 7.38. The quantitative estimate of drug-likeness (QED) is 0.695. The number of thioether (sulfide) groups is 1. The third-order valence-corrected chi connectivity index (χ3v) is 5.04. The lowest BCUT2D eigenvalue weighted by atomic mass is 10.1. The van der Waals surface area contributed by atoms with Crippen LogP contribution < -0.4 is 5.32 Å². The fraction of sp³-hybridized carbons (Fsp3) is 0.200. The van der Waals surface area contributed by atoms with Gasteiger partial charge in [-0.15, -0.1) is 16.4 Å². The van der Waals surface area contributed by atoms with Crippen molar-refractivity contribution in [1.82, 2.24) is 20.2 Å². The van der Waals surface area contributed by atoms with Crippen LogP contribution >= 0.6 is 23.1 Å². The highest BCUT2D eigenvalue weighted by Gasteiger charge is 2.10. The Labute approximate surface area is 141 Å². The number of aromatic nitrogens is 4. The van der Waals surface area contributed by atoms with E-state index in [0.717, 1.165) is 16.1 Å². The van der Waals surface area contributed by atoms with Gasteiger partial charge in [-0.2, -0.15) is 0 Å². The van der Waals surface area contributed by atoms with E-state index in [1.807, 2.05) is 41.8 Å². The number of nitrogens with one attached hydrogen (secondary N) is 1. The van der Waals surface area contributed by atoms with Crippen molar-refractivity contribution < 1.29 is 4.79 Å². The number of rotatable bonds is 6. The maximum Gasteiger partial charge on any atom is 0.225 e.